The summed E-state index contributed by atoms with van der Waals surface area (Å²) in [5, 5.41) is 5.25. The monoisotopic (exact) mass is 347 g/mol. The van der Waals surface area contributed by atoms with E-state index in [0.29, 0.717) is 13.1 Å². The van der Waals surface area contributed by atoms with Gasteiger partial charge in [-0.15, -0.1) is 11.3 Å². The molecular formula is C13H12BrF2NOS. The predicted molar refractivity (Wildman–Crippen MR) is 75.6 cm³/mol. The Kier molecular flexibility index (Phi) is 5.30. The summed E-state index contributed by atoms with van der Waals surface area (Å²) >= 11 is 5.01. The van der Waals surface area contributed by atoms with E-state index < -0.39 is 6.61 Å². The Balaban J connectivity index is 1.92. The molecule has 2 aromatic rings. The number of para-hydroxylation sites is 1. The fourth-order valence-electron chi connectivity index (χ4n) is 1.64. The van der Waals surface area contributed by atoms with Gasteiger partial charge in [0.05, 0.1) is 3.79 Å². The number of alkyl halides is 2. The summed E-state index contributed by atoms with van der Waals surface area (Å²) in [6.07, 6.45) is 0. The van der Waals surface area contributed by atoms with Gasteiger partial charge in [0.15, 0.2) is 0 Å². The molecule has 0 aliphatic rings. The van der Waals surface area contributed by atoms with Crippen LogP contribution in [0.5, 0.6) is 5.75 Å². The van der Waals surface area contributed by atoms with Crippen molar-refractivity contribution in [1.29, 1.82) is 0 Å². The Hall–Kier alpha value is -0.980. The highest BCUT2D eigenvalue weighted by atomic mass is 79.9. The van der Waals surface area contributed by atoms with Gasteiger partial charge >= 0.3 is 6.61 Å². The SMILES string of the molecule is FC(F)Oc1ccccc1CNCc1csc(Br)c1. The van der Waals surface area contributed by atoms with E-state index in [1.165, 1.54) is 0 Å². The maximum absolute atomic E-state index is 12.2. The van der Waals surface area contributed by atoms with Crippen molar-refractivity contribution in [1.82, 2.24) is 5.32 Å². The Morgan fingerprint density at radius 2 is 2.05 bits per heavy atom. The lowest BCUT2D eigenvalue weighted by molar-refractivity contribution is -0.0505. The first-order valence-electron chi connectivity index (χ1n) is 5.61. The molecule has 0 saturated heterocycles. The summed E-state index contributed by atoms with van der Waals surface area (Å²) in [4.78, 5) is 0. The lowest BCUT2D eigenvalue weighted by atomic mass is 10.2. The molecule has 1 aromatic carbocycles. The van der Waals surface area contributed by atoms with E-state index in [0.717, 1.165) is 14.9 Å². The Bertz CT molecular complexity index is 533. The predicted octanol–water partition coefficient (Wildman–Crippen LogP) is 4.40. The summed E-state index contributed by atoms with van der Waals surface area (Å²) in [7, 11) is 0. The van der Waals surface area contributed by atoms with Crippen molar-refractivity contribution in [3.8, 4) is 5.75 Å². The molecule has 1 aromatic heterocycles. The van der Waals surface area contributed by atoms with Crippen LogP contribution in [0.3, 0.4) is 0 Å². The number of halogens is 3. The van der Waals surface area contributed by atoms with Gasteiger partial charge in [0.1, 0.15) is 5.75 Å². The first kappa shape index (κ1) is 14.4. The highest BCUT2D eigenvalue weighted by Crippen LogP contribution is 2.22. The molecule has 0 atom stereocenters. The van der Waals surface area contributed by atoms with Crippen LogP contribution in [0, 0.1) is 0 Å². The molecule has 0 amide bonds. The number of nitrogens with one attached hydrogen (secondary N) is 1. The maximum Gasteiger partial charge on any atom is 0.387 e. The van der Waals surface area contributed by atoms with Crippen molar-refractivity contribution in [3.05, 3.63) is 50.6 Å². The second-order valence-corrected chi connectivity index (χ2v) is 6.14. The van der Waals surface area contributed by atoms with Crippen LogP contribution in [0.4, 0.5) is 8.78 Å². The number of rotatable bonds is 6. The van der Waals surface area contributed by atoms with E-state index >= 15 is 0 Å². The molecule has 2 nitrogen and oxygen atoms in total. The van der Waals surface area contributed by atoms with Gasteiger partial charge in [0, 0.05) is 18.7 Å². The third-order valence-electron chi connectivity index (χ3n) is 2.45. The Morgan fingerprint density at radius 1 is 1.26 bits per heavy atom. The van der Waals surface area contributed by atoms with Crippen molar-refractivity contribution >= 4 is 27.3 Å². The van der Waals surface area contributed by atoms with E-state index in [9.17, 15) is 8.78 Å². The molecule has 0 bridgehead atoms. The molecule has 0 saturated carbocycles. The van der Waals surface area contributed by atoms with Gasteiger partial charge in [-0.05, 0) is 39.0 Å². The molecule has 1 N–H and O–H groups in total. The summed E-state index contributed by atoms with van der Waals surface area (Å²) in [6.45, 7) is -1.63. The zero-order valence-corrected chi connectivity index (χ0v) is 12.3. The van der Waals surface area contributed by atoms with E-state index in [4.69, 9.17) is 0 Å². The van der Waals surface area contributed by atoms with E-state index in [1.54, 1.807) is 35.6 Å². The van der Waals surface area contributed by atoms with Crippen LogP contribution >= 0.6 is 27.3 Å². The second-order valence-electron chi connectivity index (χ2n) is 3.85. The van der Waals surface area contributed by atoms with Crippen LogP contribution in [0.25, 0.3) is 0 Å². The normalized spacial score (nSPS) is 10.9. The topological polar surface area (TPSA) is 21.3 Å². The van der Waals surface area contributed by atoms with Gasteiger partial charge < -0.3 is 10.1 Å². The lowest BCUT2D eigenvalue weighted by Crippen LogP contribution is -2.14. The average molecular weight is 348 g/mol. The molecule has 2 rings (SSSR count). The van der Waals surface area contributed by atoms with Gasteiger partial charge in [-0.25, -0.2) is 0 Å². The quantitative estimate of drug-likeness (QED) is 0.835. The summed E-state index contributed by atoms with van der Waals surface area (Å²) in [6, 6.07) is 8.82. The van der Waals surface area contributed by atoms with Crippen LogP contribution < -0.4 is 10.1 Å². The first-order chi connectivity index (χ1) is 9.15. The van der Waals surface area contributed by atoms with Crippen molar-refractivity contribution in [3.63, 3.8) is 0 Å². The number of benzene rings is 1. The fraction of sp³-hybridized carbons (Fsp3) is 0.231. The summed E-state index contributed by atoms with van der Waals surface area (Å²) in [5.74, 6) is 0.219. The molecule has 19 heavy (non-hydrogen) atoms. The van der Waals surface area contributed by atoms with Gasteiger partial charge in [0.2, 0.25) is 0 Å². The van der Waals surface area contributed by atoms with Crippen LogP contribution in [0.15, 0.2) is 39.5 Å². The number of ether oxygens (including phenoxy) is 1. The van der Waals surface area contributed by atoms with Crippen LogP contribution in [-0.4, -0.2) is 6.61 Å². The van der Waals surface area contributed by atoms with Gasteiger partial charge in [-0.2, -0.15) is 8.78 Å². The van der Waals surface area contributed by atoms with Gasteiger partial charge in [-0.3, -0.25) is 0 Å². The standard InChI is InChI=1S/C13H12BrF2NOS/c14-12-5-9(8-19-12)6-17-7-10-3-1-2-4-11(10)18-13(15)16/h1-5,8,13,17H,6-7H2. The Labute approximate surface area is 122 Å². The van der Waals surface area contributed by atoms with Crippen LogP contribution in [0.1, 0.15) is 11.1 Å². The summed E-state index contributed by atoms with van der Waals surface area (Å²) < 4.78 is 30.0. The molecule has 0 fully saturated rings. The molecule has 0 aliphatic carbocycles. The van der Waals surface area contributed by atoms with Crippen molar-refractivity contribution < 1.29 is 13.5 Å². The molecule has 0 radical (unpaired) electrons. The number of thiophene rings is 1. The van der Waals surface area contributed by atoms with E-state index in [1.807, 2.05) is 11.4 Å². The van der Waals surface area contributed by atoms with Crippen LogP contribution in [0.2, 0.25) is 0 Å². The molecule has 0 aliphatic heterocycles. The highest BCUT2D eigenvalue weighted by molar-refractivity contribution is 9.11. The zero-order valence-electron chi connectivity index (χ0n) is 9.91. The lowest BCUT2D eigenvalue weighted by Gasteiger charge is -2.10. The van der Waals surface area contributed by atoms with E-state index in [2.05, 4.69) is 26.0 Å². The third kappa shape index (κ3) is 4.56. The van der Waals surface area contributed by atoms with Crippen LogP contribution in [-0.2, 0) is 13.1 Å². The molecule has 1 heterocycles. The molecular weight excluding hydrogens is 336 g/mol. The average Bonchev–Trinajstić information content (AvgIpc) is 2.77. The van der Waals surface area contributed by atoms with E-state index in [-0.39, 0.29) is 5.75 Å². The van der Waals surface area contributed by atoms with Crippen molar-refractivity contribution in [2.24, 2.45) is 0 Å². The summed E-state index contributed by atoms with van der Waals surface area (Å²) in [5.41, 5.74) is 1.88. The minimum atomic E-state index is -2.80. The molecule has 0 spiro atoms. The highest BCUT2D eigenvalue weighted by Gasteiger charge is 2.08. The zero-order chi connectivity index (χ0) is 13.7. The number of hydrogen-bond acceptors (Lipinski definition) is 3. The minimum Gasteiger partial charge on any atom is -0.434 e. The molecule has 102 valence electrons. The number of hydrogen-bond donors (Lipinski definition) is 1. The first-order valence-corrected chi connectivity index (χ1v) is 7.29. The van der Waals surface area contributed by atoms with Crippen molar-refractivity contribution in [2.45, 2.75) is 19.7 Å². The molecule has 0 unspecified atom stereocenters. The maximum atomic E-state index is 12.2. The Morgan fingerprint density at radius 3 is 2.74 bits per heavy atom. The van der Waals surface area contributed by atoms with Gasteiger partial charge in [-0.1, -0.05) is 18.2 Å². The second kappa shape index (κ2) is 6.98. The fourth-order valence-corrected chi connectivity index (χ4v) is 2.85. The smallest absolute Gasteiger partial charge is 0.387 e. The third-order valence-corrected chi connectivity index (χ3v) is 4.01. The molecule has 6 heteroatoms. The largest absolute Gasteiger partial charge is 0.434 e. The minimum absolute atomic E-state index is 0.219. The van der Waals surface area contributed by atoms with Crippen molar-refractivity contribution in [2.75, 3.05) is 0 Å². The van der Waals surface area contributed by atoms with Gasteiger partial charge in [0.25, 0.3) is 0 Å².